The molecular formula is C10H12ClN3O2. The lowest BCUT2D eigenvalue weighted by Gasteiger charge is -2.30. The Morgan fingerprint density at radius 3 is 2.81 bits per heavy atom. The molecule has 0 aliphatic carbocycles. The van der Waals surface area contributed by atoms with E-state index in [1.165, 1.54) is 12.4 Å². The maximum absolute atomic E-state index is 10.9. The molecule has 16 heavy (non-hydrogen) atoms. The second-order valence-corrected chi connectivity index (χ2v) is 4.26. The van der Waals surface area contributed by atoms with Gasteiger partial charge in [0, 0.05) is 13.1 Å². The Morgan fingerprint density at radius 1 is 1.50 bits per heavy atom. The van der Waals surface area contributed by atoms with E-state index >= 15 is 0 Å². The number of carbonyl (C=O) groups is 1. The highest BCUT2D eigenvalue weighted by Gasteiger charge is 2.26. The average Bonchev–Trinajstić information content (AvgIpc) is 2.30. The number of rotatable bonds is 2. The van der Waals surface area contributed by atoms with E-state index in [2.05, 4.69) is 9.97 Å². The molecule has 1 aliphatic rings. The van der Waals surface area contributed by atoms with Crippen LogP contribution >= 0.6 is 11.6 Å². The van der Waals surface area contributed by atoms with Crippen molar-refractivity contribution in [2.24, 2.45) is 5.92 Å². The molecule has 0 aromatic carbocycles. The second-order valence-electron chi connectivity index (χ2n) is 3.82. The van der Waals surface area contributed by atoms with Gasteiger partial charge in [-0.05, 0) is 12.8 Å². The van der Waals surface area contributed by atoms with Gasteiger partial charge in [-0.25, -0.2) is 9.97 Å². The molecule has 1 fully saturated rings. The first-order valence-electron chi connectivity index (χ1n) is 5.12. The van der Waals surface area contributed by atoms with E-state index in [-0.39, 0.29) is 5.92 Å². The molecule has 0 saturated carbocycles. The van der Waals surface area contributed by atoms with Crippen molar-refractivity contribution in [2.45, 2.75) is 12.8 Å². The van der Waals surface area contributed by atoms with Crippen molar-refractivity contribution in [3.05, 3.63) is 17.4 Å². The van der Waals surface area contributed by atoms with Gasteiger partial charge in [0.25, 0.3) is 0 Å². The van der Waals surface area contributed by atoms with Crippen molar-refractivity contribution in [1.29, 1.82) is 0 Å². The predicted molar refractivity (Wildman–Crippen MR) is 59.6 cm³/mol. The van der Waals surface area contributed by atoms with E-state index in [0.717, 1.165) is 19.4 Å². The van der Waals surface area contributed by atoms with Crippen molar-refractivity contribution in [3.63, 3.8) is 0 Å². The molecule has 0 amide bonds. The maximum Gasteiger partial charge on any atom is 0.308 e. The van der Waals surface area contributed by atoms with Crippen LogP contribution in [0.25, 0.3) is 0 Å². The molecule has 1 N–H and O–H groups in total. The molecule has 0 radical (unpaired) electrons. The van der Waals surface area contributed by atoms with Gasteiger partial charge >= 0.3 is 5.97 Å². The number of aromatic nitrogens is 2. The van der Waals surface area contributed by atoms with Crippen LogP contribution in [0.3, 0.4) is 0 Å². The Hall–Kier alpha value is -1.36. The fourth-order valence-electron chi connectivity index (χ4n) is 1.83. The van der Waals surface area contributed by atoms with E-state index in [9.17, 15) is 4.79 Å². The first-order valence-corrected chi connectivity index (χ1v) is 5.50. The molecule has 6 heteroatoms. The minimum absolute atomic E-state index is 0.326. The topological polar surface area (TPSA) is 66.3 Å². The van der Waals surface area contributed by atoms with E-state index in [0.29, 0.717) is 17.5 Å². The molecule has 1 aromatic heterocycles. The highest BCUT2D eigenvalue weighted by atomic mass is 35.5. The Bertz CT molecular complexity index is 382. The normalized spacial score (nSPS) is 20.8. The largest absolute Gasteiger partial charge is 0.481 e. The highest BCUT2D eigenvalue weighted by molar-refractivity contribution is 6.30. The van der Waals surface area contributed by atoms with Gasteiger partial charge in [0.15, 0.2) is 0 Å². The summed E-state index contributed by atoms with van der Waals surface area (Å²) in [6, 6.07) is 0. The fourth-order valence-corrected chi connectivity index (χ4v) is 1.93. The zero-order valence-electron chi connectivity index (χ0n) is 8.64. The van der Waals surface area contributed by atoms with Crippen LogP contribution in [0.1, 0.15) is 12.8 Å². The van der Waals surface area contributed by atoms with Crippen molar-refractivity contribution in [2.75, 3.05) is 18.0 Å². The Labute approximate surface area is 98.1 Å². The first-order chi connectivity index (χ1) is 7.66. The molecule has 1 aliphatic heterocycles. The van der Waals surface area contributed by atoms with Crippen molar-refractivity contribution in [1.82, 2.24) is 9.97 Å². The van der Waals surface area contributed by atoms with Gasteiger partial charge in [-0.3, -0.25) is 4.79 Å². The zero-order valence-corrected chi connectivity index (χ0v) is 9.39. The number of nitrogens with zero attached hydrogens (tertiary/aromatic N) is 3. The number of piperidine rings is 1. The third-order valence-electron chi connectivity index (χ3n) is 2.66. The quantitative estimate of drug-likeness (QED) is 0.849. The molecule has 0 spiro atoms. The number of aliphatic carboxylic acids is 1. The summed E-state index contributed by atoms with van der Waals surface area (Å²) in [4.78, 5) is 21.0. The van der Waals surface area contributed by atoms with Gasteiger partial charge in [0.1, 0.15) is 0 Å². The third kappa shape index (κ3) is 2.41. The highest BCUT2D eigenvalue weighted by Crippen LogP contribution is 2.20. The van der Waals surface area contributed by atoms with Crippen LogP contribution in [0.5, 0.6) is 0 Å². The summed E-state index contributed by atoms with van der Waals surface area (Å²) in [5.41, 5.74) is 0. The molecule has 1 atom stereocenters. The Morgan fingerprint density at radius 2 is 2.19 bits per heavy atom. The van der Waals surface area contributed by atoms with Crippen LogP contribution in [0.15, 0.2) is 12.4 Å². The Balaban J connectivity index is 2.09. The lowest BCUT2D eigenvalue weighted by atomic mass is 9.99. The van der Waals surface area contributed by atoms with Gasteiger partial charge in [-0.1, -0.05) is 11.6 Å². The van der Waals surface area contributed by atoms with E-state index < -0.39 is 5.97 Å². The molecule has 0 bridgehead atoms. The molecule has 1 unspecified atom stereocenters. The van der Waals surface area contributed by atoms with Crippen molar-refractivity contribution in [3.8, 4) is 0 Å². The van der Waals surface area contributed by atoms with Gasteiger partial charge in [0.05, 0.1) is 23.3 Å². The summed E-state index contributed by atoms with van der Waals surface area (Å²) in [6.45, 7) is 1.27. The number of carboxylic acids is 1. The molecule has 2 heterocycles. The van der Waals surface area contributed by atoms with Crippen LogP contribution in [-0.4, -0.2) is 34.1 Å². The summed E-state index contributed by atoms with van der Waals surface area (Å²) >= 11 is 5.69. The molecule has 1 aromatic rings. The van der Waals surface area contributed by atoms with Crippen LogP contribution in [-0.2, 0) is 4.79 Å². The molecule has 86 valence electrons. The van der Waals surface area contributed by atoms with Crippen molar-refractivity contribution >= 4 is 23.5 Å². The lowest BCUT2D eigenvalue weighted by molar-refractivity contribution is -0.141. The lowest BCUT2D eigenvalue weighted by Crippen LogP contribution is -2.39. The fraction of sp³-hybridized carbons (Fsp3) is 0.500. The summed E-state index contributed by atoms with van der Waals surface area (Å²) < 4.78 is 0. The number of anilines is 1. The number of hydrogen-bond donors (Lipinski definition) is 1. The van der Waals surface area contributed by atoms with Gasteiger partial charge in [-0.2, -0.15) is 0 Å². The summed E-state index contributed by atoms with van der Waals surface area (Å²) in [7, 11) is 0. The maximum atomic E-state index is 10.9. The number of carboxylic acid groups (broad SMARTS) is 1. The third-order valence-corrected chi connectivity index (χ3v) is 2.86. The van der Waals surface area contributed by atoms with E-state index in [1.54, 1.807) is 0 Å². The van der Waals surface area contributed by atoms with Gasteiger partial charge in [0.2, 0.25) is 5.95 Å². The Kier molecular flexibility index (Phi) is 3.24. The predicted octanol–water partition coefficient (Wildman–Crippen LogP) is 1.43. The minimum atomic E-state index is -0.751. The van der Waals surface area contributed by atoms with Crippen LogP contribution in [0.4, 0.5) is 5.95 Å². The van der Waals surface area contributed by atoms with E-state index in [1.807, 2.05) is 4.90 Å². The molecule has 5 nitrogen and oxygen atoms in total. The zero-order chi connectivity index (χ0) is 11.5. The van der Waals surface area contributed by atoms with Gasteiger partial charge in [-0.15, -0.1) is 0 Å². The summed E-state index contributed by atoms with van der Waals surface area (Å²) in [5.74, 6) is -0.526. The smallest absolute Gasteiger partial charge is 0.308 e. The summed E-state index contributed by atoms with van der Waals surface area (Å²) in [6.07, 6.45) is 4.62. The number of hydrogen-bond acceptors (Lipinski definition) is 4. The molecule has 2 rings (SSSR count). The van der Waals surface area contributed by atoms with Gasteiger partial charge < -0.3 is 10.0 Å². The number of halogens is 1. The van der Waals surface area contributed by atoms with E-state index in [4.69, 9.17) is 16.7 Å². The van der Waals surface area contributed by atoms with Crippen LogP contribution in [0.2, 0.25) is 5.02 Å². The van der Waals surface area contributed by atoms with Crippen molar-refractivity contribution < 1.29 is 9.90 Å². The molecular weight excluding hydrogens is 230 g/mol. The first kappa shape index (κ1) is 11.1. The van der Waals surface area contributed by atoms with Crippen LogP contribution < -0.4 is 4.90 Å². The summed E-state index contributed by atoms with van der Waals surface area (Å²) in [5, 5.41) is 9.44. The minimum Gasteiger partial charge on any atom is -0.481 e. The standard InChI is InChI=1S/C10H12ClN3O2/c11-8-4-12-10(13-5-8)14-3-1-2-7(6-14)9(15)16/h4-5,7H,1-3,6H2,(H,15,16). The molecule has 1 saturated heterocycles. The average molecular weight is 242 g/mol. The second kappa shape index (κ2) is 4.65. The van der Waals surface area contributed by atoms with Crippen LogP contribution in [0, 0.1) is 5.92 Å². The SMILES string of the molecule is O=C(O)C1CCCN(c2ncc(Cl)cn2)C1. The monoisotopic (exact) mass is 241 g/mol.